The van der Waals surface area contributed by atoms with E-state index in [9.17, 15) is 0 Å². The zero-order valence-corrected chi connectivity index (χ0v) is 6.01. The third-order valence-corrected chi connectivity index (χ3v) is 1.14. The molecule has 0 spiro atoms. The van der Waals surface area contributed by atoms with Crippen LogP contribution in [-0.4, -0.2) is 12.6 Å². The Kier molecular flexibility index (Phi) is 5.41. The molecule has 0 saturated carbocycles. The minimum absolute atomic E-state index is 0.0382. The predicted octanol–water partition coefficient (Wildman–Crippen LogP) is 1.23. The zero-order chi connectivity index (χ0) is 7.82. The summed E-state index contributed by atoms with van der Waals surface area (Å²) < 4.78 is 0. The third-order valence-electron chi connectivity index (χ3n) is 1.14. The number of hydrogen-bond acceptors (Lipinski definition) is 2. The first-order valence-corrected chi connectivity index (χ1v) is 3.23. The Labute approximate surface area is 61.9 Å². The first-order valence-electron chi connectivity index (χ1n) is 3.23. The summed E-state index contributed by atoms with van der Waals surface area (Å²) in [7, 11) is 0. The van der Waals surface area contributed by atoms with Crippen LogP contribution in [0, 0.1) is 11.3 Å². The van der Waals surface area contributed by atoms with Crippen molar-refractivity contribution in [3.05, 3.63) is 25.3 Å². The van der Waals surface area contributed by atoms with Crippen LogP contribution in [0.25, 0.3) is 0 Å². The fraction of sp³-hybridized carbons (Fsp3) is 0.375. The number of nitrogens with zero attached hydrogens (tertiary/aromatic N) is 1. The highest BCUT2D eigenvalue weighted by molar-refractivity contribution is 5.08. The van der Waals surface area contributed by atoms with E-state index in [1.807, 2.05) is 12.2 Å². The Balaban J connectivity index is 0.000000371. The number of hydrogen-bond donors (Lipinski definition) is 1. The van der Waals surface area contributed by atoms with Crippen molar-refractivity contribution in [2.45, 2.75) is 12.5 Å². The average Bonchev–Trinajstić information content (AvgIpc) is 2.10. The second-order valence-electron chi connectivity index (χ2n) is 1.78. The van der Waals surface area contributed by atoms with Crippen molar-refractivity contribution in [2.75, 3.05) is 6.54 Å². The smallest absolute Gasteiger partial charge is 0.114 e. The molecule has 0 fully saturated rings. The van der Waals surface area contributed by atoms with Crippen molar-refractivity contribution >= 4 is 0 Å². The van der Waals surface area contributed by atoms with Gasteiger partial charge in [-0.2, -0.15) is 5.26 Å². The molecule has 1 heterocycles. The van der Waals surface area contributed by atoms with Gasteiger partial charge in [-0.05, 0) is 6.42 Å². The van der Waals surface area contributed by atoms with Gasteiger partial charge in [0, 0.05) is 6.54 Å². The maximum absolute atomic E-state index is 8.33. The normalized spacial score (nSPS) is 22.1. The summed E-state index contributed by atoms with van der Waals surface area (Å²) in [6.45, 7) is 6.94. The van der Waals surface area contributed by atoms with E-state index in [0.717, 1.165) is 13.0 Å². The van der Waals surface area contributed by atoms with Gasteiger partial charge < -0.3 is 0 Å². The number of nitrogens with one attached hydrogen (secondary N) is 1. The van der Waals surface area contributed by atoms with Gasteiger partial charge in [-0.1, -0.05) is 12.2 Å². The van der Waals surface area contributed by atoms with Crippen LogP contribution in [0.4, 0.5) is 0 Å². The number of rotatable bonds is 0. The summed E-state index contributed by atoms with van der Waals surface area (Å²) in [6, 6.07) is 2.07. The minimum atomic E-state index is -0.0382. The van der Waals surface area contributed by atoms with Gasteiger partial charge >= 0.3 is 0 Å². The predicted molar refractivity (Wildman–Crippen MR) is 42.4 cm³/mol. The molecule has 0 aromatic heterocycles. The molecule has 1 atom stereocenters. The molecule has 0 radical (unpaired) electrons. The quantitative estimate of drug-likeness (QED) is 0.508. The summed E-state index contributed by atoms with van der Waals surface area (Å²) in [4.78, 5) is 0. The van der Waals surface area contributed by atoms with Crippen LogP contribution < -0.4 is 5.32 Å². The molecule has 2 heteroatoms. The van der Waals surface area contributed by atoms with Crippen LogP contribution in [0.5, 0.6) is 0 Å². The van der Waals surface area contributed by atoms with E-state index in [1.54, 1.807) is 0 Å². The summed E-state index contributed by atoms with van der Waals surface area (Å²) in [5.74, 6) is 0. The van der Waals surface area contributed by atoms with Crippen molar-refractivity contribution in [1.82, 2.24) is 5.32 Å². The zero-order valence-electron chi connectivity index (χ0n) is 6.01. The van der Waals surface area contributed by atoms with Crippen molar-refractivity contribution in [2.24, 2.45) is 0 Å². The van der Waals surface area contributed by atoms with E-state index >= 15 is 0 Å². The Morgan fingerprint density at radius 3 is 2.60 bits per heavy atom. The van der Waals surface area contributed by atoms with Crippen molar-refractivity contribution in [3.63, 3.8) is 0 Å². The molecule has 10 heavy (non-hydrogen) atoms. The van der Waals surface area contributed by atoms with E-state index in [1.165, 1.54) is 0 Å². The van der Waals surface area contributed by atoms with Gasteiger partial charge in [-0.3, -0.25) is 5.32 Å². The molecule has 0 amide bonds. The third kappa shape index (κ3) is 3.06. The fourth-order valence-corrected chi connectivity index (χ4v) is 0.711. The Bertz CT molecular complexity index is 144. The first kappa shape index (κ1) is 8.93. The lowest BCUT2D eigenvalue weighted by Crippen LogP contribution is -2.28. The molecule has 0 aromatic carbocycles. The maximum Gasteiger partial charge on any atom is 0.114 e. The molecule has 54 valence electrons. The summed E-state index contributed by atoms with van der Waals surface area (Å²) in [5, 5.41) is 11.3. The summed E-state index contributed by atoms with van der Waals surface area (Å²) >= 11 is 0. The first-order chi connectivity index (χ1) is 4.93. The number of nitriles is 1. The topological polar surface area (TPSA) is 35.8 Å². The molecule has 2 nitrogen and oxygen atoms in total. The van der Waals surface area contributed by atoms with Gasteiger partial charge in [0.1, 0.15) is 6.04 Å². The van der Waals surface area contributed by atoms with Crippen LogP contribution in [0.15, 0.2) is 25.3 Å². The molecule has 1 N–H and O–H groups in total. The molecule has 0 bridgehead atoms. The van der Waals surface area contributed by atoms with E-state index in [4.69, 9.17) is 5.26 Å². The van der Waals surface area contributed by atoms with Crippen molar-refractivity contribution in [1.29, 1.82) is 5.26 Å². The van der Waals surface area contributed by atoms with E-state index in [2.05, 4.69) is 24.5 Å². The van der Waals surface area contributed by atoms with Gasteiger partial charge in [0.2, 0.25) is 0 Å². The van der Waals surface area contributed by atoms with Crippen LogP contribution in [0.2, 0.25) is 0 Å². The summed E-state index contributed by atoms with van der Waals surface area (Å²) in [6.07, 6.45) is 4.98. The van der Waals surface area contributed by atoms with E-state index in [0.29, 0.717) is 0 Å². The minimum Gasteiger partial charge on any atom is -0.298 e. The maximum atomic E-state index is 8.33. The van der Waals surface area contributed by atoms with Gasteiger partial charge in [-0.15, -0.1) is 13.2 Å². The monoisotopic (exact) mass is 136 g/mol. The van der Waals surface area contributed by atoms with E-state index in [-0.39, 0.29) is 6.04 Å². The molecule has 1 rings (SSSR count). The molecule has 0 aliphatic carbocycles. The Morgan fingerprint density at radius 2 is 2.30 bits per heavy atom. The second kappa shape index (κ2) is 6.06. The highest BCUT2D eigenvalue weighted by Gasteiger charge is 2.02. The van der Waals surface area contributed by atoms with Crippen LogP contribution in [0.3, 0.4) is 0 Å². The molecule has 1 aliphatic heterocycles. The lowest BCUT2D eigenvalue weighted by Gasteiger charge is -2.09. The highest BCUT2D eigenvalue weighted by Crippen LogP contribution is 1.93. The van der Waals surface area contributed by atoms with Crippen LogP contribution in [0.1, 0.15) is 6.42 Å². The molecular weight excluding hydrogens is 124 g/mol. The molecule has 0 unspecified atom stereocenters. The lowest BCUT2D eigenvalue weighted by molar-refractivity contribution is 0.659. The molecule has 1 aliphatic rings. The van der Waals surface area contributed by atoms with Crippen molar-refractivity contribution in [3.8, 4) is 6.07 Å². The van der Waals surface area contributed by atoms with Gasteiger partial charge in [0.15, 0.2) is 0 Å². The summed E-state index contributed by atoms with van der Waals surface area (Å²) in [5.41, 5.74) is 0. The highest BCUT2D eigenvalue weighted by atomic mass is 14.9. The fourth-order valence-electron chi connectivity index (χ4n) is 0.711. The Morgan fingerprint density at radius 1 is 1.60 bits per heavy atom. The SMILES string of the molecule is C=C.N#C[C@H]1C=CCCN1. The van der Waals surface area contributed by atoms with Gasteiger partial charge in [0.25, 0.3) is 0 Å². The largest absolute Gasteiger partial charge is 0.298 e. The molecule has 0 saturated heterocycles. The lowest BCUT2D eigenvalue weighted by atomic mass is 10.2. The van der Waals surface area contributed by atoms with Gasteiger partial charge in [-0.25, -0.2) is 0 Å². The average molecular weight is 136 g/mol. The molecular formula is C8H12N2. The van der Waals surface area contributed by atoms with Crippen LogP contribution in [-0.2, 0) is 0 Å². The van der Waals surface area contributed by atoms with E-state index < -0.39 is 0 Å². The van der Waals surface area contributed by atoms with Gasteiger partial charge in [0.05, 0.1) is 6.07 Å². The Hall–Kier alpha value is -1.07. The van der Waals surface area contributed by atoms with Crippen LogP contribution >= 0.6 is 0 Å². The molecule has 0 aromatic rings. The standard InChI is InChI=1S/C6H8N2.C2H4/c7-5-6-3-1-2-4-8-6;1-2/h1,3,6,8H,2,4H2;1-2H2/t6-;/m1./s1. The second-order valence-corrected chi connectivity index (χ2v) is 1.78. The van der Waals surface area contributed by atoms with Crippen molar-refractivity contribution < 1.29 is 0 Å².